The van der Waals surface area contributed by atoms with Crippen molar-refractivity contribution in [3.05, 3.63) is 98.8 Å². The zero-order valence-electron chi connectivity index (χ0n) is 17.9. The van der Waals surface area contributed by atoms with E-state index in [-0.39, 0.29) is 36.0 Å². The molecule has 0 saturated heterocycles. The van der Waals surface area contributed by atoms with Gasteiger partial charge in [-0.05, 0) is 54.4 Å². The quantitative estimate of drug-likeness (QED) is 0.287. The van der Waals surface area contributed by atoms with Gasteiger partial charge in [-0.1, -0.05) is 12.1 Å². The number of fused-ring (bicyclic) bond motifs is 1. The van der Waals surface area contributed by atoms with Crippen LogP contribution in [-0.4, -0.2) is 15.4 Å². The van der Waals surface area contributed by atoms with Crippen LogP contribution in [0.3, 0.4) is 0 Å². The number of aromatic nitrogens is 1. The van der Waals surface area contributed by atoms with Crippen molar-refractivity contribution in [1.82, 2.24) is 9.88 Å². The molecule has 10 heteroatoms. The molecule has 1 aromatic heterocycles. The third kappa shape index (κ3) is 5.47. The third-order valence-corrected chi connectivity index (χ3v) is 5.11. The first kappa shape index (κ1) is 22.7. The van der Waals surface area contributed by atoms with Crippen LogP contribution in [0.4, 0.5) is 10.1 Å². The topological polar surface area (TPSA) is 117 Å². The molecule has 9 nitrogen and oxygen atoms in total. The molecule has 0 unspecified atom stereocenters. The first-order valence-corrected chi connectivity index (χ1v) is 10.5. The lowest BCUT2D eigenvalue weighted by molar-refractivity contribution is -0.384. The molecule has 1 amide bonds. The van der Waals surface area contributed by atoms with Crippen LogP contribution in [0.5, 0.6) is 11.5 Å². The Balaban J connectivity index is 1.25. The maximum Gasteiger partial charge on any atom is 0.419 e. The summed E-state index contributed by atoms with van der Waals surface area (Å²) in [6, 6.07) is 16.8. The Morgan fingerprint density at radius 1 is 1.06 bits per heavy atom. The number of hydrogen-bond donors (Lipinski definition) is 1. The van der Waals surface area contributed by atoms with Crippen LogP contribution in [0.1, 0.15) is 18.4 Å². The van der Waals surface area contributed by atoms with Gasteiger partial charge in [-0.2, -0.15) is 0 Å². The highest BCUT2D eigenvalue weighted by Gasteiger charge is 2.14. The van der Waals surface area contributed by atoms with Gasteiger partial charge in [0.25, 0.3) is 5.69 Å². The van der Waals surface area contributed by atoms with Gasteiger partial charge in [0.1, 0.15) is 17.3 Å². The number of oxazole rings is 1. The number of rotatable bonds is 9. The summed E-state index contributed by atoms with van der Waals surface area (Å²) in [5, 5.41) is 13.7. The summed E-state index contributed by atoms with van der Waals surface area (Å²) in [4.78, 5) is 34.6. The van der Waals surface area contributed by atoms with Crippen LogP contribution in [0.2, 0.25) is 0 Å². The summed E-state index contributed by atoms with van der Waals surface area (Å²) < 4.78 is 25.0. The molecule has 0 radical (unpaired) electrons. The van der Waals surface area contributed by atoms with Crippen molar-refractivity contribution < 1.29 is 23.3 Å². The molecule has 4 rings (SSSR count). The minimum Gasteiger partial charge on any atom is -0.457 e. The third-order valence-electron chi connectivity index (χ3n) is 5.11. The molecule has 174 valence electrons. The zero-order valence-corrected chi connectivity index (χ0v) is 17.9. The number of nitrogens with one attached hydrogen (secondary N) is 1. The molecule has 0 spiro atoms. The Kier molecular flexibility index (Phi) is 6.67. The monoisotopic (exact) mass is 465 g/mol. The van der Waals surface area contributed by atoms with E-state index in [0.29, 0.717) is 30.0 Å². The lowest BCUT2D eigenvalue weighted by Crippen LogP contribution is -2.23. The first-order chi connectivity index (χ1) is 16.4. The fourth-order valence-corrected chi connectivity index (χ4v) is 3.38. The van der Waals surface area contributed by atoms with E-state index in [1.165, 1.54) is 47.0 Å². The highest BCUT2D eigenvalue weighted by molar-refractivity contribution is 5.76. The number of nitrogens with zero attached hydrogens (tertiary/aromatic N) is 2. The lowest BCUT2D eigenvalue weighted by atomic mass is 10.2. The van der Waals surface area contributed by atoms with Gasteiger partial charge in [-0.3, -0.25) is 19.5 Å². The number of non-ortho nitro benzene ring substituents is 1. The van der Waals surface area contributed by atoms with Gasteiger partial charge >= 0.3 is 5.76 Å². The number of ether oxygens (including phenoxy) is 1. The van der Waals surface area contributed by atoms with E-state index >= 15 is 0 Å². The highest BCUT2D eigenvalue weighted by Crippen LogP contribution is 2.22. The smallest absolute Gasteiger partial charge is 0.419 e. The van der Waals surface area contributed by atoms with Crippen LogP contribution in [-0.2, 0) is 17.9 Å². The van der Waals surface area contributed by atoms with Crippen molar-refractivity contribution in [3.63, 3.8) is 0 Å². The van der Waals surface area contributed by atoms with E-state index in [2.05, 4.69) is 5.32 Å². The van der Waals surface area contributed by atoms with E-state index in [0.717, 1.165) is 5.56 Å². The summed E-state index contributed by atoms with van der Waals surface area (Å²) in [6.07, 6.45) is 0.583. The minimum absolute atomic E-state index is 0.135. The van der Waals surface area contributed by atoms with Crippen molar-refractivity contribution in [1.29, 1.82) is 0 Å². The van der Waals surface area contributed by atoms with Crippen LogP contribution in [0.15, 0.2) is 75.9 Å². The predicted molar refractivity (Wildman–Crippen MR) is 121 cm³/mol. The number of amides is 1. The van der Waals surface area contributed by atoms with E-state index < -0.39 is 10.7 Å². The zero-order chi connectivity index (χ0) is 24.1. The average Bonchev–Trinajstić information content (AvgIpc) is 3.14. The molecular formula is C24H20FN3O6. The maximum atomic E-state index is 13.0. The summed E-state index contributed by atoms with van der Waals surface area (Å²) >= 11 is 0. The Bertz CT molecular complexity index is 1380. The van der Waals surface area contributed by atoms with Crippen molar-refractivity contribution >= 4 is 22.7 Å². The number of halogens is 1. The molecule has 1 N–H and O–H groups in total. The fraction of sp³-hybridized carbons (Fsp3) is 0.167. The van der Waals surface area contributed by atoms with Gasteiger partial charge in [0, 0.05) is 25.6 Å². The average molecular weight is 465 g/mol. The van der Waals surface area contributed by atoms with Gasteiger partial charge in [0.15, 0.2) is 5.58 Å². The van der Waals surface area contributed by atoms with Gasteiger partial charge in [0.2, 0.25) is 5.91 Å². The molecule has 0 atom stereocenters. The van der Waals surface area contributed by atoms with Crippen molar-refractivity contribution in [3.8, 4) is 11.5 Å². The van der Waals surface area contributed by atoms with Crippen LogP contribution in [0.25, 0.3) is 11.1 Å². The maximum absolute atomic E-state index is 13.0. The lowest BCUT2D eigenvalue weighted by Gasteiger charge is -2.08. The molecule has 0 saturated carbocycles. The Morgan fingerprint density at radius 2 is 1.74 bits per heavy atom. The van der Waals surface area contributed by atoms with Gasteiger partial charge in [0.05, 0.1) is 16.5 Å². The largest absolute Gasteiger partial charge is 0.457 e. The molecule has 0 fully saturated rings. The molecule has 1 heterocycles. The van der Waals surface area contributed by atoms with Crippen LogP contribution < -0.4 is 15.8 Å². The molecule has 0 aliphatic rings. The summed E-state index contributed by atoms with van der Waals surface area (Å²) in [7, 11) is 0. The number of carbonyl (C=O) groups is 1. The number of nitro groups is 1. The van der Waals surface area contributed by atoms with Gasteiger partial charge in [-0.25, -0.2) is 9.18 Å². The summed E-state index contributed by atoms with van der Waals surface area (Å²) in [5.74, 6) is -0.0353. The highest BCUT2D eigenvalue weighted by atomic mass is 19.1. The Labute approximate surface area is 192 Å². The van der Waals surface area contributed by atoms with Crippen LogP contribution in [0, 0.1) is 15.9 Å². The van der Waals surface area contributed by atoms with Crippen molar-refractivity contribution in [2.24, 2.45) is 0 Å². The summed E-state index contributed by atoms with van der Waals surface area (Å²) in [6.45, 7) is 0.570. The second-order valence-corrected chi connectivity index (χ2v) is 7.51. The predicted octanol–water partition coefficient (Wildman–Crippen LogP) is 4.53. The number of carbonyl (C=O) groups excluding carboxylic acids is 1. The minimum atomic E-state index is -0.626. The Hall–Kier alpha value is -4.47. The number of hydrogen-bond acceptors (Lipinski definition) is 6. The van der Waals surface area contributed by atoms with Gasteiger partial charge < -0.3 is 14.5 Å². The molecule has 3 aromatic carbocycles. The number of benzene rings is 3. The second kappa shape index (κ2) is 9.99. The van der Waals surface area contributed by atoms with E-state index in [1.807, 2.05) is 12.1 Å². The number of aryl methyl sites for hydroxylation is 1. The molecule has 34 heavy (non-hydrogen) atoms. The first-order valence-electron chi connectivity index (χ1n) is 10.5. The molecule has 0 aliphatic heterocycles. The number of nitro benzene ring substituents is 1. The molecule has 0 bridgehead atoms. The Morgan fingerprint density at radius 3 is 2.41 bits per heavy atom. The van der Waals surface area contributed by atoms with Gasteiger partial charge in [-0.15, -0.1) is 0 Å². The summed E-state index contributed by atoms with van der Waals surface area (Å²) in [5.41, 5.74) is 1.29. The fourth-order valence-electron chi connectivity index (χ4n) is 3.38. The standard InChI is InChI=1S/C24H20FN3O6/c25-17-5-10-20(11-6-17)33-19-8-3-16(4-9-19)15-26-23(29)2-1-13-27-21-12-7-18(28(31)32)14-22(21)34-24(27)30/h3-12,14H,1-2,13,15H2,(H,26,29). The van der Waals surface area contributed by atoms with Crippen molar-refractivity contribution in [2.45, 2.75) is 25.9 Å². The molecular weight excluding hydrogens is 445 g/mol. The SMILES string of the molecule is O=C(CCCn1c(=O)oc2cc([N+](=O)[O-])ccc21)NCc1ccc(Oc2ccc(F)cc2)cc1. The molecule has 4 aromatic rings. The van der Waals surface area contributed by atoms with E-state index in [1.54, 1.807) is 12.1 Å². The normalized spacial score (nSPS) is 10.9. The van der Waals surface area contributed by atoms with Crippen molar-refractivity contribution in [2.75, 3.05) is 0 Å². The van der Waals surface area contributed by atoms with E-state index in [9.17, 15) is 24.1 Å². The second-order valence-electron chi connectivity index (χ2n) is 7.51. The van der Waals surface area contributed by atoms with Crippen LogP contribution >= 0.6 is 0 Å². The molecule has 0 aliphatic carbocycles. The van der Waals surface area contributed by atoms with E-state index in [4.69, 9.17) is 9.15 Å².